The number of benzene rings is 3. The summed E-state index contributed by atoms with van der Waals surface area (Å²) < 4.78 is 5.30. The van der Waals surface area contributed by atoms with Crippen molar-refractivity contribution in [3.63, 3.8) is 0 Å². The first kappa shape index (κ1) is 25.6. The molecule has 1 fully saturated rings. The number of para-hydroxylation sites is 1. The molecule has 2 aliphatic rings. The minimum atomic E-state index is -0.705. The standard InChI is InChI=1S/C28H24Cl2N4O4/c1-38-23-11-10-19(29)17-22(23)34-27(36)24(30)25(28(34)37)31-20-7-5-6-18(16-20)26(35)33-14-12-32(13-15-33)21-8-3-2-4-9-21/h2-11,16-17,31H,12-15H2,1H3. The van der Waals surface area contributed by atoms with Crippen molar-refractivity contribution in [1.82, 2.24) is 4.90 Å². The maximum atomic E-state index is 13.2. The highest BCUT2D eigenvalue weighted by Gasteiger charge is 2.40. The molecule has 1 N–H and O–H groups in total. The van der Waals surface area contributed by atoms with E-state index in [1.807, 2.05) is 23.1 Å². The highest BCUT2D eigenvalue weighted by Crippen LogP contribution is 2.37. The molecule has 8 nitrogen and oxygen atoms in total. The number of halogens is 2. The second-order valence-electron chi connectivity index (χ2n) is 8.77. The van der Waals surface area contributed by atoms with Gasteiger partial charge in [-0.25, -0.2) is 4.90 Å². The number of rotatable bonds is 6. The van der Waals surface area contributed by atoms with Crippen molar-refractivity contribution < 1.29 is 19.1 Å². The van der Waals surface area contributed by atoms with Crippen LogP contribution in [0, 0.1) is 0 Å². The molecule has 5 rings (SSSR count). The minimum Gasteiger partial charge on any atom is -0.495 e. The molecule has 1 saturated heterocycles. The molecular formula is C28H24Cl2N4O4. The number of nitrogens with one attached hydrogen (secondary N) is 1. The van der Waals surface area contributed by atoms with Gasteiger partial charge in [0.25, 0.3) is 17.7 Å². The summed E-state index contributed by atoms with van der Waals surface area (Å²) in [6.07, 6.45) is 0. The molecule has 0 aromatic heterocycles. The fourth-order valence-electron chi connectivity index (χ4n) is 4.53. The Bertz CT molecular complexity index is 1440. The Balaban J connectivity index is 1.30. The first-order valence-electron chi connectivity index (χ1n) is 12.0. The van der Waals surface area contributed by atoms with E-state index in [0.29, 0.717) is 35.1 Å². The van der Waals surface area contributed by atoms with Crippen LogP contribution in [0.5, 0.6) is 5.75 Å². The quantitative estimate of drug-likeness (QED) is 0.446. The van der Waals surface area contributed by atoms with Crippen LogP contribution in [0.2, 0.25) is 5.02 Å². The molecule has 2 aliphatic heterocycles. The highest BCUT2D eigenvalue weighted by atomic mass is 35.5. The number of nitrogens with zero attached hydrogens (tertiary/aromatic N) is 3. The van der Waals surface area contributed by atoms with Gasteiger partial charge in [0, 0.05) is 48.1 Å². The van der Waals surface area contributed by atoms with E-state index in [1.165, 1.54) is 13.2 Å². The van der Waals surface area contributed by atoms with E-state index in [4.69, 9.17) is 27.9 Å². The molecule has 3 amide bonds. The van der Waals surface area contributed by atoms with Crippen LogP contribution in [0.4, 0.5) is 17.1 Å². The topological polar surface area (TPSA) is 82.2 Å². The summed E-state index contributed by atoms with van der Waals surface area (Å²) in [5.41, 5.74) is 2.14. The molecule has 0 bridgehead atoms. The first-order chi connectivity index (χ1) is 18.4. The Morgan fingerprint density at radius 3 is 2.32 bits per heavy atom. The predicted octanol–water partition coefficient (Wildman–Crippen LogP) is 4.75. The van der Waals surface area contributed by atoms with Crippen LogP contribution in [0.15, 0.2) is 83.5 Å². The molecule has 0 spiro atoms. The maximum Gasteiger partial charge on any atom is 0.283 e. The first-order valence-corrected chi connectivity index (χ1v) is 12.7. The van der Waals surface area contributed by atoms with E-state index in [9.17, 15) is 14.4 Å². The second kappa shape index (κ2) is 10.8. The fraction of sp³-hybridized carbons (Fsp3) is 0.179. The smallest absolute Gasteiger partial charge is 0.283 e. The number of imide groups is 1. The number of anilines is 3. The van der Waals surface area contributed by atoms with Crippen LogP contribution in [-0.4, -0.2) is 55.9 Å². The average molecular weight is 551 g/mol. The molecule has 0 aliphatic carbocycles. The van der Waals surface area contributed by atoms with Gasteiger partial charge in [-0.1, -0.05) is 47.5 Å². The van der Waals surface area contributed by atoms with Gasteiger partial charge in [-0.2, -0.15) is 0 Å². The van der Waals surface area contributed by atoms with Gasteiger partial charge in [0.2, 0.25) is 0 Å². The zero-order chi connectivity index (χ0) is 26.8. The van der Waals surface area contributed by atoms with Crippen molar-refractivity contribution in [2.24, 2.45) is 0 Å². The van der Waals surface area contributed by atoms with Crippen molar-refractivity contribution in [3.05, 3.63) is 94.1 Å². The molecule has 2 heterocycles. The Morgan fingerprint density at radius 1 is 0.868 bits per heavy atom. The molecule has 194 valence electrons. The number of amides is 3. The van der Waals surface area contributed by atoms with E-state index in [-0.39, 0.29) is 22.3 Å². The molecule has 0 atom stereocenters. The lowest BCUT2D eigenvalue weighted by molar-refractivity contribution is -0.120. The summed E-state index contributed by atoms with van der Waals surface area (Å²) in [5, 5.41) is 2.99. The molecule has 3 aromatic rings. The van der Waals surface area contributed by atoms with Gasteiger partial charge in [0.1, 0.15) is 16.5 Å². The number of ether oxygens (including phenoxy) is 1. The van der Waals surface area contributed by atoms with Gasteiger partial charge in [0.15, 0.2) is 0 Å². The Hall–Kier alpha value is -4.01. The van der Waals surface area contributed by atoms with Gasteiger partial charge >= 0.3 is 0 Å². The number of hydrogen-bond acceptors (Lipinski definition) is 6. The monoisotopic (exact) mass is 550 g/mol. The summed E-state index contributed by atoms with van der Waals surface area (Å²) in [5.74, 6) is -1.18. The third kappa shape index (κ3) is 4.92. The fourth-order valence-corrected chi connectivity index (χ4v) is 4.91. The van der Waals surface area contributed by atoms with E-state index >= 15 is 0 Å². The zero-order valence-corrected chi connectivity index (χ0v) is 22.0. The summed E-state index contributed by atoms with van der Waals surface area (Å²) in [6.45, 7) is 2.64. The largest absolute Gasteiger partial charge is 0.495 e. The minimum absolute atomic E-state index is 0.0974. The average Bonchev–Trinajstić information content (AvgIpc) is 3.16. The maximum absolute atomic E-state index is 13.2. The summed E-state index contributed by atoms with van der Waals surface area (Å²) >= 11 is 12.4. The van der Waals surface area contributed by atoms with Crippen molar-refractivity contribution >= 4 is 58.0 Å². The lowest BCUT2D eigenvalue weighted by atomic mass is 10.1. The van der Waals surface area contributed by atoms with E-state index in [2.05, 4.69) is 22.3 Å². The van der Waals surface area contributed by atoms with Crippen LogP contribution in [-0.2, 0) is 9.59 Å². The lowest BCUT2D eigenvalue weighted by Gasteiger charge is -2.36. The van der Waals surface area contributed by atoms with Crippen LogP contribution in [0.1, 0.15) is 10.4 Å². The summed E-state index contributed by atoms with van der Waals surface area (Å²) in [4.78, 5) is 44.4. The van der Waals surface area contributed by atoms with Crippen LogP contribution in [0.25, 0.3) is 0 Å². The highest BCUT2D eigenvalue weighted by molar-refractivity contribution is 6.53. The van der Waals surface area contributed by atoms with Crippen LogP contribution in [0.3, 0.4) is 0 Å². The van der Waals surface area contributed by atoms with Crippen molar-refractivity contribution in [1.29, 1.82) is 0 Å². The van der Waals surface area contributed by atoms with Gasteiger partial charge in [-0.15, -0.1) is 0 Å². The number of carbonyl (C=O) groups is 3. The second-order valence-corrected chi connectivity index (χ2v) is 9.59. The lowest BCUT2D eigenvalue weighted by Crippen LogP contribution is -2.48. The molecule has 10 heteroatoms. The van der Waals surface area contributed by atoms with Gasteiger partial charge in [-0.3, -0.25) is 14.4 Å². The molecule has 0 saturated carbocycles. The van der Waals surface area contributed by atoms with Gasteiger partial charge in [-0.05, 0) is 48.5 Å². The third-order valence-corrected chi connectivity index (χ3v) is 7.06. The van der Waals surface area contributed by atoms with Crippen LogP contribution >= 0.6 is 23.2 Å². The predicted molar refractivity (Wildman–Crippen MR) is 148 cm³/mol. The van der Waals surface area contributed by atoms with E-state index < -0.39 is 11.8 Å². The number of methoxy groups -OCH3 is 1. The normalized spacial score (nSPS) is 15.8. The number of piperazine rings is 1. The van der Waals surface area contributed by atoms with E-state index in [0.717, 1.165) is 23.7 Å². The Morgan fingerprint density at radius 2 is 1.61 bits per heavy atom. The van der Waals surface area contributed by atoms with Crippen molar-refractivity contribution in [3.8, 4) is 5.75 Å². The molecule has 0 radical (unpaired) electrons. The third-order valence-electron chi connectivity index (χ3n) is 6.48. The molecule has 38 heavy (non-hydrogen) atoms. The molecule has 0 unspecified atom stereocenters. The van der Waals surface area contributed by atoms with Gasteiger partial charge in [0.05, 0.1) is 12.8 Å². The number of hydrogen-bond donors (Lipinski definition) is 1. The van der Waals surface area contributed by atoms with Crippen molar-refractivity contribution in [2.75, 3.05) is 48.4 Å². The van der Waals surface area contributed by atoms with Crippen molar-refractivity contribution in [2.45, 2.75) is 0 Å². The number of carbonyl (C=O) groups excluding carboxylic acids is 3. The summed E-state index contributed by atoms with van der Waals surface area (Å²) in [6, 6.07) is 21.5. The molecule has 3 aromatic carbocycles. The van der Waals surface area contributed by atoms with Crippen LogP contribution < -0.4 is 19.9 Å². The zero-order valence-electron chi connectivity index (χ0n) is 20.5. The summed E-state index contributed by atoms with van der Waals surface area (Å²) in [7, 11) is 1.43. The molecular weight excluding hydrogens is 527 g/mol. The van der Waals surface area contributed by atoms with E-state index in [1.54, 1.807) is 36.4 Å². The van der Waals surface area contributed by atoms with Gasteiger partial charge < -0.3 is 19.9 Å². The Kier molecular flexibility index (Phi) is 7.26. The SMILES string of the molecule is COc1ccc(Cl)cc1N1C(=O)C(Cl)=C(Nc2cccc(C(=O)N3CCN(c4ccccc4)CC3)c2)C1=O. The Labute approximate surface area is 230 Å².